The first-order valence-electron chi connectivity index (χ1n) is 9.24. The lowest BCUT2D eigenvalue weighted by Gasteiger charge is -2.28. The summed E-state index contributed by atoms with van der Waals surface area (Å²) in [5, 5.41) is 17.9. The van der Waals surface area contributed by atoms with Crippen molar-refractivity contribution in [3.63, 3.8) is 0 Å². The Morgan fingerprint density at radius 3 is 2.74 bits per heavy atom. The first-order valence-corrected chi connectivity index (χ1v) is 10.2. The molecule has 3 rings (SSSR count). The van der Waals surface area contributed by atoms with Gasteiger partial charge in [-0.1, -0.05) is 6.07 Å². The summed E-state index contributed by atoms with van der Waals surface area (Å²) in [5.41, 5.74) is 2.42. The molecule has 1 aromatic carbocycles. The van der Waals surface area contributed by atoms with Gasteiger partial charge < -0.3 is 24.6 Å². The zero-order valence-corrected chi connectivity index (χ0v) is 16.5. The molecule has 1 saturated heterocycles. The van der Waals surface area contributed by atoms with E-state index in [1.807, 2.05) is 18.2 Å². The molecule has 1 aliphatic rings. The Labute approximate surface area is 164 Å². The van der Waals surface area contributed by atoms with E-state index >= 15 is 0 Å². The Morgan fingerprint density at radius 2 is 2.00 bits per heavy atom. The van der Waals surface area contributed by atoms with Crippen molar-refractivity contribution in [1.29, 1.82) is 0 Å². The molecule has 1 aromatic heterocycles. The Morgan fingerprint density at radius 1 is 1.19 bits per heavy atom. The number of methoxy groups -OCH3 is 1. The average molecular weight is 393 g/mol. The van der Waals surface area contributed by atoms with E-state index < -0.39 is 6.10 Å². The van der Waals surface area contributed by atoms with Crippen LogP contribution in [0.2, 0.25) is 0 Å². The van der Waals surface area contributed by atoms with Gasteiger partial charge in [0.1, 0.15) is 12.7 Å². The summed E-state index contributed by atoms with van der Waals surface area (Å²) in [4.78, 5) is 2.19. The Hall–Kier alpha value is -1.64. The second-order valence-corrected chi connectivity index (χ2v) is 7.38. The highest BCUT2D eigenvalue weighted by molar-refractivity contribution is 7.07. The minimum Gasteiger partial charge on any atom is -0.493 e. The van der Waals surface area contributed by atoms with Crippen molar-refractivity contribution in [2.24, 2.45) is 0 Å². The zero-order valence-electron chi connectivity index (χ0n) is 15.7. The summed E-state index contributed by atoms with van der Waals surface area (Å²) in [5.74, 6) is 1.34. The van der Waals surface area contributed by atoms with Crippen molar-refractivity contribution >= 4 is 11.3 Å². The van der Waals surface area contributed by atoms with Crippen LogP contribution in [-0.4, -0.2) is 62.7 Å². The molecule has 1 fully saturated rings. The molecule has 1 aliphatic heterocycles. The SMILES string of the molecule is COc1cc(CNCc2ccsc2)ccc1OC[C@@H](O)CN1CCOCC1. The van der Waals surface area contributed by atoms with Gasteiger partial charge in [0.05, 0.1) is 20.3 Å². The van der Waals surface area contributed by atoms with Gasteiger partial charge in [-0.05, 0) is 40.1 Å². The molecule has 6 nitrogen and oxygen atoms in total. The number of rotatable bonds is 10. The van der Waals surface area contributed by atoms with Gasteiger partial charge in [0, 0.05) is 32.7 Å². The van der Waals surface area contributed by atoms with E-state index in [4.69, 9.17) is 14.2 Å². The molecular weight excluding hydrogens is 364 g/mol. The number of nitrogens with zero attached hydrogens (tertiary/aromatic N) is 1. The summed E-state index contributed by atoms with van der Waals surface area (Å²) >= 11 is 1.71. The van der Waals surface area contributed by atoms with E-state index in [0.29, 0.717) is 18.0 Å². The standard InChI is InChI=1S/C20H28N2O4S/c1-24-20-10-16(11-21-12-17-4-9-27-15-17)2-3-19(20)26-14-18(23)13-22-5-7-25-8-6-22/h2-4,9-10,15,18,21,23H,5-8,11-14H2,1H3/t18-/m0/s1. The number of nitrogens with one attached hydrogen (secondary N) is 1. The Kier molecular flexibility index (Phi) is 7.92. The summed E-state index contributed by atoms with van der Waals surface area (Å²) in [6, 6.07) is 8.02. The fraction of sp³-hybridized carbons (Fsp3) is 0.500. The van der Waals surface area contributed by atoms with E-state index in [2.05, 4.69) is 27.0 Å². The minimum atomic E-state index is -0.542. The van der Waals surface area contributed by atoms with E-state index in [-0.39, 0.29) is 6.61 Å². The van der Waals surface area contributed by atoms with Gasteiger partial charge in [-0.2, -0.15) is 11.3 Å². The highest BCUT2D eigenvalue weighted by Gasteiger charge is 2.16. The molecule has 0 aliphatic carbocycles. The monoisotopic (exact) mass is 392 g/mol. The van der Waals surface area contributed by atoms with Crippen LogP contribution in [0.3, 0.4) is 0 Å². The topological polar surface area (TPSA) is 63.2 Å². The minimum absolute atomic E-state index is 0.240. The summed E-state index contributed by atoms with van der Waals surface area (Å²) in [7, 11) is 1.63. The van der Waals surface area contributed by atoms with Crippen LogP contribution in [0.4, 0.5) is 0 Å². The van der Waals surface area contributed by atoms with Crippen molar-refractivity contribution < 1.29 is 19.3 Å². The van der Waals surface area contributed by atoms with Crippen LogP contribution >= 0.6 is 11.3 Å². The quantitative estimate of drug-likeness (QED) is 0.646. The van der Waals surface area contributed by atoms with Gasteiger partial charge in [0.15, 0.2) is 11.5 Å². The molecule has 2 N–H and O–H groups in total. The van der Waals surface area contributed by atoms with Crippen LogP contribution in [0.15, 0.2) is 35.0 Å². The maximum atomic E-state index is 10.2. The van der Waals surface area contributed by atoms with E-state index in [1.54, 1.807) is 18.4 Å². The molecule has 0 radical (unpaired) electrons. The third-order valence-electron chi connectivity index (χ3n) is 4.47. The number of hydrogen-bond acceptors (Lipinski definition) is 7. The number of β-amino-alcohol motifs (C(OH)–C–C–N with tert-alkyl or cyclic N) is 1. The lowest BCUT2D eigenvalue weighted by atomic mass is 10.2. The van der Waals surface area contributed by atoms with Gasteiger partial charge >= 0.3 is 0 Å². The van der Waals surface area contributed by atoms with Crippen molar-refractivity contribution in [2.75, 3.05) is 46.6 Å². The maximum Gasteiger partial charge on any atom is 0.161 e. The third kappa shape index (κ3) is 6.48. The number of thiophene rings is 1. The van der Waals surface area contributed by atoms with Gasteiger partial charge in [-0.15, -0.1) is 0 Å². The fourth-order valence-electron chi connectivity index (χ4n) is 3.01. The molecule has 148 valence electrons. The summed E-state index contributed by atoms with van der Waals surface area (Å²) < 4.78 is 16.6. The summed E-state index contributed by atoms with van der Waals surface area (Å²) in [6.07, 6.45) is -0.542. The average Bonchev–Trinajstić information content (AvgIpc) is 3.21. The lowest BCUT2D eigenvalue weighted by molar-refractivity contribution is 0.00445. The molecule has 0 unspecified atom stereocenters. The number of hydrogen-bond donors (Lipinski definition) is 2. The molecule has 2 aromatic rings. The number of benzene rings is 1. The van der Waals surface area contributed by atoms with Crippen LogP contribution in [0.1, 0.15) is 11.1 Å². The molecule has 2 heterocycles. The van der Waals surface area contributed by atoms with Crippen molar-refractivity contribution in [3.05, 3.63) is 46.2 Å². The van der Waals surface area contributed by atoms with Gasteiger partial charge in [0.25, 0.3) is 0 Å². The maximum absolute atomic E-state index is 10.2. The number of ether oxygens (including phenoxy) is 3. The first kappa shape index (κ1) is 20.1. The normalized spacial score (nSPS) is 16.2. The van der Waals surface area contributed by atoms with Crippen molar-refractivity contribution in [3.8, 4) is 11.5 Å². The molecule has 0 bridgehead atoms. The summed E-state index contributed by atoms with van der Waals surface area (Å²) in [6.45, 7) is 5.59. The Balaban J connectivity index is 1.46. The number of aliphatic hydroxyl groups excluding tert-OH is 1. The highest BCUT2D eigenvalue weighted by Crippen LogP contribution is 2.28. The van der Waals surface area contributed by atoms with E-state index in [9.17, 15) is 5.11 Å². The van der Waals surface area contributed by atoms with Gasteiger partial charge in [-0.3, -0.25) is 4.90 Å². The van der Waals surface area contributed by atoms with Crippen molar-refractivity contribution in [2.45, 2.75) is 19.2 Å². The second-order valence-electron chi connectivity index (χ2n) is 6.60. The number of aliphatic hydroxyl groups is 1. The molecule has 0 spiro atoms. The predicted molar refractivity (Wildman–Crippen MR) is 107 cm³/mol. The lowest BCUT2D eigenvalue weighted by Crippen LogP contribution is -2.42. The molecule has 1 atom stereocenters. The second kappa shape index (κ2) is 10.6. The molecular formula is C20H28N2O4S. The largest absolute Gasteiger partial charge is 0.493 e. The molecule has 0 saturated carbocycles. The Bertz CT molecular complexity index is 675. The smallest absolute Gasteiger partial charge is 0.161 e. The van der Waals surface area contributed by atoms with Crippen molar-refractivity contribution in [1.82, 2.24) is 10.2 Å². The van der Waals surface area contributed by atoms with Gasteiger partial charge in [0.2, 0.25) is 0 Å². The van der Waals surface area contributed by atoms with Crippen LogP contribution in [-0.2, 0) is 17.8 Å². The van der Waals surface area contributed by atoms with Crippen LogP contribution in [0.5, 0.6) is 11.5 Å². The molecule has 27 heavy (non-hydrogen) atoms. The van der Waals surface area contributed by atoms with Gasteiger partial charge in [-0.25, -0.2) is 0 Å². The third-order valence-corrected chi connectivity index (χ3v) is 5.20. The molecule has 7 heteroatoms. The highest BCUT2D eigenvalue weighted by atomic mass is 32.1. The molecule has 0 amide bonds. The van der Waals surface area contributed by atoms with Crippen LogP contribution < -0.4 is 14.8 Å². The number of morpholine rings is 1. The van der Waals surface area contributed by atoms with Crippen LogP contribution in [0, 0.1) is 0 Å². The van der Waals surface area contributed by atoms with E-state index in [0.717, 1.165) is 45.0 Å². The zero-order chi connectivity index (χ0) is 18.9. The fourth-order valence-corrected chi connectivity index (χ4v) is 3.67. The predicted octanol–water partition coefficient (Wildman–Crippen LogP) is 2.12. The van der Waals surface area contributed by atoms with Crippen LogP contribution in [0.25, 0.3) is 0 Å². The first-order chi connectivity index (χ1) is 13.2. The van der Waals surface area contributed by atoms with E-state index in [1.165, 1.54) is 5.56 Å².